The molecule has 1 aromatic rings. The fraction of sp³-hybridized carbons (Fsp3) is 0.611. The van der Waals surface area contributed by atoms with Gasteiger partial charge in [-0.15, -0.1) is 0 Å². The molecular weight excluding hydrogens is 350 g/mol. The molecule has 9 nitrogen and oxygen atoms in total. The van der Waals surface area contributed by atoms with Crippen LogP contribution in [0.15, 0.2) is 12.4 Å². The highest BCUT2D eigenvalue weighted by Crippen LogP contribution is 2.25. The van der Waals surface area contributed by atoms with Crippen LogP contribution in [-0.2, 0) is 9.59 Å². The summed E-state index contributed by atoms with van der Waals surface area (Å²) in [7, 11) is 3.21. The third kappa shape index (κ3) is 4.53. The average molecular weight is 375 g/mol. The summed E-state index contributed by atoms with van der Waals surface area (Å²) in [6.07, 6.45) is 6.33. The minimum atomic E-state index is -0.394. The zero-order valence-corrected chi connectivity index (χ0v) is 15.6. The smallest absolute Gasteiger partial charge is 0.316 e. The maximum Gasteiger partial charge on any atom is 0.316 e. The molecule has 2 aliphatic rings. The summed E-state index contributed by atoms with van der Waals surface area (Å²) in [5, 5.41) is 5.84. The van der Waals surface area contributed by atoms with Crippen molar-refractivity contribution < 1.29 is 19.1 Å². The van der Waals surface area contributed by atoms with Crippen LogP contribution in [0.1, 0.15) is 42.5 Å². The van der Waals surface area contributed by atoms with Crippen molar-refractivity contribution in [1.29, 1.82) is 0 Å². The summed E-state index contributed by atoms with van der Waals surface area (Å²) in [6, 6.07) is -0.164. The Morgan fingerprint density at radius 2 is 1.78 bits per heavy atom. The molecule has 0 spiro atoms. The first kappa shape index (κ1) is 19.1. The fourth-order valence-electron chi connectivity index (χ4n) is 3.55. The van der Waals surface area contributed by atoms with Crippen LogP contribution in [-0.4, -0.2) is 65.4 Å². The second-order valence-electron chi connectivity index (χ2n) is 7.09. The number of aromatic nitrogens is 2. The number of nitrogens with zero attached hydrogens (tertiary/aromatic N) is 3. The lowest BCUT2D eigenvalue weighted by atomic mass is 9.85. The predicted molar refractivity (Wildman–Crippen MR) is 96.0 cm³/mol. The van der Waals surface area contributed by atoms with E-state index in [9.17, 15) is 14.4 Å². The van der Waals surface area contributed by atoms with E-state index in [1.807, 2.05) is 0 Å². The molecule has 27 heavy (non-hydrogen) atoms. The second kappa shape index (κ2) is 8.32. The molecule has 3 rings (SSSR count). The highest BCUT2D eigenvalue weighted by Gasteiger charge is 2.33. The zero-order valence-electron chi connectivity index (χ0n) is 15.6. The van der Waals surface area contributed by atoms with E-state index in [0.29, 0.717) is 31.4 Å². The van der Waals surface area contributed by atoms with Crippen molar-refractivity contribution in [2.24, 2.45) is 5.92 Å². The molecule has 2 N–H and O–H groups in total. The minimum Gasteiger partial charge on any atom is -0.467 e. The Bertz CT molecular complexity index is 700. The molecular formula is C18H25N5O4. The van der Waals surface area contributed by atoms with Gasteiger partial charge in [0.2, 0.25) is 11.8 Å². The Balaban J connectivity index is 1.44. The van der Waals surface area contributed by atoms with Crippen molar-refractivity contribution in [1.82, 2.24) is 25.5 Å². The van der Waals surface area contributed by atoms with E-state index in [0.717, 1.165) is 12.8 Å². The molecule has 0 bridgehead atoms. The summed E-state index contributed by atoms with van der Waals surface area (Å²) >= 11 is 0. The van der Waals surface area contributed by atoms with Gasteiger partial charge in [0.05, 0.1) is 12.7 Å². The first-order valence-electron chi connectivity index (χ1n) is 9.20. The van der Waals surface area contributed by atoms with Crippen molar-refractivity contribution in [3.05, 3.63) is 18.0 Å². The highest BCUT2D eigenvalue weighted by atomic mass is 16.5. The quantitative estimate of drug-likeness (QED) is 0.756. The van der Waals surface area contributed by atoms with Gasteiger partial charge in [0.25, 0.3) is 5.91 Å². The van der Waals surface area contributed by atoms with Crippen LogP contribution in [0, 0.1) is 5.92 Å². The maximum absolute atomic E-state index is 12.4. The Kier molecular flexibility index (Phi) is 5.88. The van der Waals surface area contributed by atoms with Gasteiger partial charge in [0.1, 0.15) is 6.04 Å². The van der Waals surface area contributed by atoms with Gasteiger partial charge in [0, 0.05) is 37.9 Å². The van der Waals surface area contributed by atoms with Crippen molar-refractivity contribution >= 4 is 17.7 Å². The van der Waals surface area contributed by atoms with E-state index < -0.39 is 6.04 Å². The van der Waals surface area contributed by atoms with Crippen molar-refractivity contribution in [3.8, 4) is 6.01 Å². The van der Waals surface area contributed by atoms with Gasteiger partial charge in [-0.3, -0.25) is 14.4 Å². The molecule has 9 heteroatoms. The summed E-state index contributed by atoms with van der Waals surface area (Å²) in [4.78, 5) is 46.1. The number of methoxy groups -OCH3 is 1. The third-order valence-corrected chi connectivity index (χ3v) is 5.25. The lowest BCUT2D eigenvalue weighted by Crippen LogP contribution is -2.45. The molecule has 2 fully saturated rings. The topological polar surface area (TPSA) is 114 Å². The van der Waals surface area contributed by atoms with Crippen LogP contribution in [0.25, 0.3) is 0 Å². The van der Waals surface area contributed by atoms with Crippen LogP contribution < -0.4 is 15.4 Å². The molecule has 1 aliphatic heterocycles. The Morgan fingerprint density at radius 3 is 2.33 bits per heavy atom. The Hall–Kier alpha value is -2.71. The molecule has 0 radical (unpaired) electrons. The first-order valence-corrected chi connectivity index (χ1v) is 9.20. The van der Waals surface area contributed by atoms with E-state index in [1.54, 1.807) is 11.9 Å². The molecule has 0 aromatic carbocycles. The minimum absolute atomic E-state index is 0.0166. The zero-order chi connectivity index (χ0) is 19.4. The number of carbonyl (C=O) groups is 3. The summed E-state index contributed by atoms with van der Waals surface area (Å²) < 4.78 is 4.88. The molecule has 146 valence electrons. The van der Waals surface area contributed by atoms with Gasteiger partial charge in [-0.2, -0.15) is 0 Å². The lowest BCUT2D eigenvalue weighted by Gasteiger charge is -2.29. The normalized spacial score (nSPS) is 25.2. The van der Waals surface area contributed by atoms with Gasteiger partial charge < -0.3 is 20.3 Å². The van der Waals surface area contributed by atoms with E-state index in [-0.39, 0.29) is 35.7 Å². The van der Waals surface area contributed by atoms with Crippen LogP contribution in [0.5, 0.6) is 6.01 Å². The number of likely N-dealkylation sites (N-methyl/N-ethyl adjacent to an activating group) is 1. The van der Waals surface area contributed by atoms with E-state index >= 15 is 0 Å². The summed E-state index contributed by atoms with van der Waals surface area (Å²) in [5.41, 5.74) is 0.375. The van der Waals surface area contributed by atoms with Gasteiger partial charge >= 0.3 is 6.01 Å². The van der Waals surface area contributed by atoms with Crippen LogP contribution in [0.2, 0.25) is 0 Å². The standard InChI is InChI=1S/C18H25N5O4/c1-23-8-7-14(17(23)26)22-15(24)11-3-5-13(6-4-11)21-16(25)12-9-19-18(27-2)20-10-12/h9-11,13-14H,3-8H2,1-2H3,(H,21,25)(H,22,24). The van der Waals surface area contributed by atoms with Crippen molar-refractivity contribution in [2.75, 3.05) is 20.7 Å². The fourth-order valence-corrected chi connectivity index (χ4v) is 3.55. The largest absolute Gasteiger partial charge is 0.467 e. The summed E-state index contributed by atoms with van der Waals surface area (Å²) in [6.45, 7) is 0.678. The molecule has 1 saturated heterocycles. The number of likely N-dealkylation sites (tertiary alicyclic amines) is 1. The average Bonchev–Trinajstić information content (AvgIpc) is 3.00. The van der Waals surface area contributed by atoms with E-state index in [1.165, 1.54) is 19.5 Å². The molecule has 3 amide bonds. The van der Waals surface area contributed by atoms with Crippen molar-refractivity contribution in [2.45, 2.75) is 44.2 Å². The van der Waals surface area contributed by atoms with Crippen LogP contribution in [0.4, 0.5) is 0 Å². The lowest BCUT2D eigenvalue weighted by molar-refractivity contribution is -0.133. The van der Waals surface area contributed by atoms with Gasteiger partial charge in [-0.25, -0.2) is 9.97 Å². The highest BCUT2D eigenvalue weighted by molar-refractivity contribution is 5.94. The molecule has 2 heterocycles. The maximum atomic E-state index is 12.4. The number of carbonyl (C=O) groups excluding carboxylic acids is 3. The number of hydrogen-bond donors (Lipinski definition) is 2. The molecule has 1 saturated carbocycles. The Labute approximate surface area is 157 Å². The van der Waals surface area contributed by atoms with Gasteiger partial charge in [0.15, 0.2) is 0 Å². The number of ether oxygens (including phenoxy) is 1. The SMILES string of the molecule is COc1ncc(C(=O)NC2CCC(C(=O)NC3CCN(C)C3=O)CC2)cn1. The third-order valence-electron chi connectivity index (χ3n) is 5.25. The monoisotopic (exact) mass is 375 g/mol. The van der Waals surface area contributed by atoms with Gasteiger partial charge in [-0.1, -0.05) is 0 Å². The van der Waals surface area contributed by atoms with Crippen LogP contribution >= 0.6 is 0 Å². The number of hydrogen-bond acceptors (Lipinski definition) is 6. The second-order valence-corrected chi connectivity index (χ2v) is 7.09. The van der Waals surface area contributed by atoms with Gasteiger partial charge in [-0.05, 0) is 32.1 Å². The number of nitrogens with one attached hydrogen (secondary N) is 2. The predicted octanol–water partition coefficient (Wildman–Crippen LogP) is 0.121. The van der Waals surface area contributed by atoms with Crippen molar-refractivity contribution in [3.63, 3.8) is 0 Å². The first-order chi connectivity index (χ1) is 13.0. The molecule has 1 aliphatic carbocycles. The number of rotatable bonds is 5. The van der Waals surface area contributed by atoms with Crippen LogP contribution in [0.3, 0.4) is 0 Å². The molecule has 1 unspecified atom stereocenters. The summed E-state index contributed by atoms with van der Waals surface area (Å²) in [5.74, 6) is -0.422. The van der Waals surface area contributed by atoms with E-state index in [4.69, 9.17) is 4.74 Å². The molecule has 1 atom stereocenters. The van der Waals surface area contributed by atoms with E-state index in [2.05, 4.69) is 20.6 Å². The molecule has 1 aromatic heterocycles. The number of amides is 3. The Morgan fingerprint density at radius 1 is 1.11 bits per heavy atom.